The molecule has 0 aliphatic rings. The van der Waals surface area contributed by atoms with E-state index in [9.17, 15) is 19.8 Å². The summed E-state index contributed by atoms with van der Waals surface area (Å²) in [6.07, 6.45) is 52.5. The van der Waals surface area contributed by atoms with Crippen molar-refractivity contribution in [3.8, 4) is 0 Å². The van der Waals surface area contributed by atoms with Crippen molar-refractivity contribution < 1.29 is 24.5 Å². The van der Waals surface area contributed by atoms with Gasteiger partial charge in [0, 0.05) is 6.42 Å². The number of carbonyl (C=O) groups is 2. The van der Waals surface area contributed by atoms with Gasteiger partial charge in [-0.1, -0.05) is 231 Å². The highest BCUT2D eigenvalue weighted by Crippen LogP contribution is 2.18. The number of aliphatic hydroxyl groups excluding tert-OH is 2. The van der Waals surface area contributed by atoms with E-state index in [1.165, 1.54) is 148 Å². The third-order valence-corrected chi connectivity index (χ3v) is 11.8. The predicted octanol–water partition coefficient (Wildman–Crippen LogP) is 15.1. The van der Waals surface area contributed by atoms with Gasteiger partial charge in [0.25, 0.3) is 0 Å². The van der Waals surface area contributed by atoms with Crippen molar-refractivity contribution in [1.29, 1.82) is 0 Å². The Bertz CT molecular complexity index is 919. The molecule has 3 unspecified atom stereocenters. The lowest BCUT2D eigenvalue weighted by molar-refractivity contribution is -0.151. The van der Waals surface area contributed by atoms with Crippen molar-refractivity contribution in [2.24, 2.45) is 0 Å². The number of ether oxygens (including phenoxy) is 1. The molecule has 0 aromatic heterocycles. The Labute approximate surface area is 361 Å². The lowest BCUT2D eigenvalue weighted by Gasteiger charge is -2.24. The quantitative estimate of drug-likeness (QED) is 0.0323. The van der Waals surface area contributed by atoms with Crippen LogP contribution in [0.5, 0.6) is 0 Å². The molecule has 0 aromatic carbocycles. The third-order valence-electron chi connectivity index (χ3n) is 11.8. The molecule has 0 heterocycles. The summed E-state index contributed by atoms with van der Waals surface area (Å²) in [5.41, 5.74) is 0. The first-order chi connectivity index (χ1) is 28.5. The number of nitrogens with one attached hydrogen (secondary N) is 1. The Morgan fingerprint density at radius 2 is 0.931 bits per heavy atom. The van der Waals surface area contributed by atoms with E-state index in [0.29, 0.717) is 19.3 Å². The minimum Gasteiger partial charge on any atom is -0.462 e. The van der Waals surface area contributed by atoms with Crippen LogP contribution in [-0.4, -0.2) is 46.9 Å². The molecule has 3 atom stereocenters. The zero-order chi connectivity index (χ0) is 42.4. The Hall–Kier alpha value is -1.66. The molecule has 0 spiro atoms. The molecule has 0 fully saturated rings. The topological polar surface area (TPSA) is 95.9 Å². The van der Waals surface area contributed by atoms with Crippen LogP contribution < -0.4 is 5.32 Å². The number of allylic oxidation sites excluding steroid dienone is 4. The van der Waals surface area contributed by atoms with Crippen LogP contribution in [0.15, 0.2) is 24.3 Å². The number of esters is 1. The third kappa shape index (κ3) is 41.1. The van der Waals surface area contributed by atoms with E-state index in [1.54, 1.807) is 0 Å². The van der Waals surface area contributed by atoms with Gasteiger partial charge in [0.1, 0.15) is 6.10 Å². The molecule has 6 heteroatoms. The molecule has 58 heavy (non-hydrogen) atoms. The van der Waals surface area contributed by atoms with Crippen LogP contribution in [0.1, 0.15) is 271 Å². The molecule has 3 N–H and O–H groups in total. The summed E-state index contributed by atoms with van der Waals surface area (Å²) in [5.74, 6) is -0.476. The summed E-state index contributed by atoms with van der Waals surface area (Å²) in [6.45, 7) is 6.37. The Kier molecular flexibility index (Phi) is 45.1. The molecule has 0 rings (SSSR count). The molecule has 0 bridgehead atoms. The molecule has 0 saturated carbocycles. The molecule has 0 radical (unpaired) electrons. The smallest absolute Gasteiger partial charge is 0.306 e. The summed E-state index contributed by atoms with van der Waals surface area (Å²) in [6, 6.07) is -0.700. The van der Waals surface area contributed by atoms with Gasteiger partial charge in [-0.2, -0.15) is 0 Å². The van der Waals surface area contributed by atoms with E-state index in [1.807, 2.05) is 0 Å². The molecule has 0 aliphatic carbocycles. The van der Waals surface area contributed by atoms with Crippen molar-refractivity contribution in [3.05, 3.63) is 24.3 Å². The summed E-state index contributed by atoms with van der Waals surface area (Å²) in [7, 11) is 0. The van der Waals surface area contributed by atoms with E-state index >= 15 is 0 Å². The first kappa shape index (κ1) is 56.3. The van der Waals surface area contributed by atoms with Gasteiger partial charge in [-0.25, -0.2) is 0 Å². The SMILES string of the molecule is CC/C=C/C/C=C/CCCCCCCC(CC(=O)NC(CO)C(O)CCCCCCCCCCC)OC(=O)CCCCCCCCCCCCCCCCCCCC. The van der Waals surface area contributed by atoms with Gasteiger partial charge in [-0.3, -0.25) is 9.59 Å². The standard InChI is InChI=1S/C52H99NO5/c1-4-7-10-13-16-19-21-23-24-25-26-27-28-30-33-36-39-42-45-52(57)58-48(43-40-37-34-32-29-22-20-17-14-11-8-5-2)46-51(56)53-49(47-54)50(55)44-41-38-35-31-18-15-12-9-6-3/h8,11,17,20,48-50,54-55H,4-7,9-10,12-16,18-19,21-47H2,1-3H3,(H,53,56)/b11-8+,20-17+. The number of hydrogen-bond donors (Lipinski definition) is 3. The maximum atomic E-state index is 13.1. The minimum absolute atomic E-state index is 0.0728. The highest BCUT2D eigenvalue weighted by Gasteiger charge is 2.24. The van der Waals surface area contributed by atoms with Gasteiger partial charge >= 0.3 is 5.97 Å². The fraction of sp³-hybridized carbons (Fsp3) is 0.885. The average Bonchev–Trinajstić information content (AvgIpc) is 3.22. The fourth-order valence-corrected chi connectivity index (χ4v) is 7.94. The number of hydrogen-bond acceptors (Lipinski definition) is 5. The van der Waals surface area contributed by atoms with Crippen molar-refractivity contribution in [3.63, 3.8) is 0 Å². The van der Waals surface area contributed by atoms with Crippen LogP contribution in [0.2, 0.25) is 0 Å². The van der Waals surface area contributed by atoms with E-state index in [4.69, 9.17) is 4.74 Å². The molecule has 6 nitrogen and oxygen atoms in total. The van der Waals surface area contributed by atoms with Gasteiger partial charge in [0.2, 0.25) is 5.91 Å². The second kappa shape index (κ2) is 46.4. The van der Waals surface area contributed by atoms with Crippen LogP contribution in [0.3, 0.4) is 0 Å². The fourth-order valence-electron chi connectivity index (χ4n) is 7.94. The highest BCUT2D eigenvalue weighted by atomic mass is 16.5. The molecular formula is C52H99NO5. The van der Waals surface area contributed by atoms with Crippen LogP contribution in [0.25, 0.3) is 0 Å². The van der Waals surface area contributed by atoms with Crippen LogP contribution >= 0.6 is 0 Å². The largest absolute Gasteiger partial charge is 0.462 e. The van der Waals surface area contributed by atoms with Crippen molar-refractivity contribution in [2.45, 2.75) is 289 Å². The summed E-state index contributed by atoms with van der Waals surface area (Å²) in [5, 5.41) is 23.6. The summed E-state index contributed by atoms with van der Waals surface area (Å²) in [4.78, 5) is 26.1. The minimum atomic E-state index is -0.785. The van der Waals surface area contributed by atoms with E-state index in [0.717, 1.165) is 77.0 Å². The molecule has 1 amide bonds. The van der Waals surface area contributed by atoms with Crippen molar-refractivity contribution >= 4 is 11.9 Å². The lowest BCUT2D eigenvalue weighted by Crippen LogP contribution is -2.46. The highest BCUT2D eigenvalue weighted by molar-refractivity contribution is 5.77. The van der Waals surface area contributed by atoms with Gasteiger partial charge in [0.05, 0.1) is 25.2 Å². The number of rotatable bonds is 46. The molecule has 342 valence electrons. The molecule has 0 aliphatic heterocycles. The second-order valence-corrected chi connectivity index (χ2v) is 17.5. The summed E-state index contributed by atoms with van der Waals surface area (Å²) < 4.78 is 5.92. The number of amides is 1. The van der Waals surface area contributed by atoms with E-state index < -0.39 is 18.2 Å². The van der Waals surface area contributed by atoms with Crippen molar-refractivity contribution in [2.75, 3.05) is 6.61 Å². The Morgan fingerprint density at radius 1 is 0.517 bits per heavy atom. The number of unbranched alkanes of at least 4 members (excludes halogenated alkanes) is 30. The molecular weight excluding hydrogens is 719 g/mol. The zero-order valence-corrected chi connectivity index (χ0v) is 38.9. The van der Waals surface area contributed by atoms with E-state index in [2.05, 4.69) is 50.4 Å². The zero-order valence-electron chi connectivity index (χ0n) is 38.9. The molecule has 0 saturated heterocycles. The maximum Gasteiger partial charge on any atom is 0.306 e. The first-order valence-corrected chi connectivity index (χ1v) is 25.6. The van der Waals surface area contributed by atoms with Gasteiger partial charge in [-0.05, 0) is 51.4 Å². The van der Waals surface area contributed by atoms with Gasteiger partial charge < -0.3 is 20.3 Å². The summed E-state index contributed by atoms with van der Waals surface area (Å²) >= 11 is 0. The molecule has 0 aromatic rings. The lowest BCUT2D eigenvalue weighted by atomic mass is 10.0. The van der Waals surface area contributed by atoms with Crippen LogP contribution in [-0.2, 0) is 14.3 Å². The van der Waals surface area contributed by atoms with Gasteiger partial charge in [-0.15, -0.1) is 0 Å². The van der Waals surface area contributed by atoms with E-state index in [-0.39, 0.29) is 24.9 Å². The predicted molar refractivity (Wildman–Crippen MR) is 250 cm³/mol. The van der Waals surface area contributed by atoms with Crippen LogP contribution in [0.4, 0.5) is 0 Å². The average molecular weight is 818 g/mol. The Morgan fingerprint density at radius 3 is 1.40 bits per heavy atom. The first-order valence-electron chi connectivity index (χ1n) is 25.6. The Balaban J connectivity index is 4.47. The second-order valence-electron chi connectivity index (χ2n) is 17.5. The number of carbonyl (C=O) groups excluding carboxylic acids is 2. The maximum absolute atomic E-state index is 13.1. The monoisotopic (exact) mass is 818 g/mol. The number of aliphatic hydroxyl groups is 2. The van der Waals surface area contributed by atoms with Crippen LogP contribution in [0, 0.1) is 0 Å². The van der Waals surface area contributed by atoms with Crippen molar-refractivity contribution in [1.82, 2.24) is 5.32 Å². The van der Waals surface area contributed by atoms with Gasteiger partial charge in [0.15, 0.2) is 0 Å². The normalized spacial score (nSPS) is 13.4.